The smallest absolute Gasteiger partial charge is 0.399 e. The molecule has 2 rings (SSSR count). The Morgan fingerprint density at radius 2 is 2.00 bits per heavy atom. The van der Waals surface area contributed by atoms with Gasteiger partial charge in [0.1, 0.15) is 5.54 Å². The van der Waals surface area contributed by atoms with Crippen molar-refractivity contribution in [3.63, 3.8) is 0 Å². The van der Waals surface area contributed by atoms with E-state index in [1.165, 1.54) is 0 Å². The van der Waals surface area contributed by atoms with E-state index in [4.69, 9.17) is 5.73 Å². The molecule has 0 amide bonds. The summed E-state index contributed by atoms with van der Waals surface area (Å²) < 4.78 is 37.8. The van der Waals surface area contributed by atoms with E-state index < -0.39 is 11.7 Å². The van der Waals surface area contributed by atoms with Crippen molar-refractivity contribution in [1.29, 1.82) is 0 Å². The van der Waals surface area contributed by atoms with Crippen LogP contribution in [0.4, 0.5) is 18.9 Å². The molecule has 0 unspecified atom stereocenters. The van der Waals surface area contributed by atoms with Gasteiger partial charge < -0.3 is 5.73 Å². The van der Waals surface area contributed by atoms with Gasteiger partial charge >= 0.3 is 6.18 Å². The summed E-state index contributed by atoms with van der Waals surface area (Å²) >= 11 is 0. The highest BCUT2D eigenvalue weighted by Crippen LogP contribution is 2.49. The molecule has 1 fully saturated rings. The van der Waals surface area contributed by atoms with Crippen molar-refractivity contribution in [3.8, 4) is 0 Å². The highest BCUT2D eigenvalue weighted by atomic mass is 19.4. The number of hydrogen-bond acceptors (Lipinski definition) is 2. The molecular weight excluding hydrogens is 217 g/mol. The predicted molar refractivity (Wildman–Crippen MR) is 55.7 cm³/mol. The van der Waals surface area contributed by atoms with E-state index in [9.17, 15) is 13.2 Å². The van der Waals surface area contributed by atoms with E-state index in [2.05, 4.69) is 5.32 Å². The Balaban J connectivity index is 1.98. The molecule has 1 aromatic rings. The highest BCUT2D eigenvalue weighted by Gasteiger charge is 2.62. The van der Waals surface area contributed by atoms with Crippen LogP contribution in [-0.4, -0.2) is 11.7 Å². The largest absolute Gasteiger partial charge is 0.406 e. The Morgan fingerprint density at radius 3 is 2.50 bits per heavy atom. The summed E-state index contributed by atoms with van der Waals surface area (Å²) in [6, 6.07) is 6.88. The molecule has 0 aromatic heterocycles. The van der Waals surface area contributed by atoms with Gasteiger partial charge in [-0.2, -0.15) is 13.2 Å². The van der Waals surface area contributed by atoms with Gasteiger partial charge in [-0.15, -0.1) is 0 Å². The molecule has 0 aliphatic heterocycles. The first-order chi connectivity index (χ1) is 7.43. The quantitative estimate of drug-likeness (QED) is 0.783. The second kappa shape index (κ2) is 3.66. The van der Waals surface area contributed by atoms with Crippen LogP contribution in [0, 0.1) is 0 Å². The SMILES string of the molecule is Nc1cccc(CNC2(C(F)(F)F)CC2)c1. The summed E-state index contributed by atoms with van der Waals surface area (Å²) in [4.78, 5) is 0. The third-order valence-corrected chi connectivity index (χ3v) is 2.87. The second-order valence-electron chi connectivity index (χ2n) is 4.18. The fourth-order valence-corrected chi connectivity index (χ4v) is 1.66. The number of rotatable bonds is 3. The van der Waals surface area contributed by atoms with E-state index in [0.717, 1.165) is 5.56 Å². The van der Waals surface area contributed by atoms with Gasteiger partial charge in [0.2, 0.25) is 0 Å². The summed E-state index contributed by atoms with van der Waals surface area (Å²) in [5.41, 5.74) is 5.23. The summed E-state index contributed by atoms with van der Waals surface area (Å²) in [5, 5.41) is 2.57. The minimum absolute atomic E-state index is 0.165. The van der Waals surface area contributed by atoms with Gasteiger partial charge in [0.15, 0.2) is 0 Å². The topological polar surface area (TPSA) is 38.0 Å². The Labute approximate surface area is 91.6 Å². The fourth-order valence-electron chi connectivity index (χ4n) is 1.66. The molecule has 1 aliphatic rings. The number of nitrogen functional groups attached to an aromatic ring is 1. The van der Waals surface area contributed by atoms with E-state index in [1.807, 2.05) is 0 Å². The van der Waals surface area contributed by atoms with Crippen molar-refractivity contribution in [2.75, 3.05) is 5.73 Å². The van der Waals surface area contributed by atoms with Crippen LogP contribution >= 0.6 is 0 Å². The van der Waals surface area contributed by atoms with Gasteiger partial charge in [-0.05, 0) is 30.5 Å². The maximum Gasteiger partial charge on any atom is 0.406 e. The lowest BCUT2D eigenvalue weighted by Gasteiger charge is -2.20. The van der Waals surface area contributed by atoms with Crippen LogP contribution in [0.25, 0.3) is 0 Å². The molecule has 0 spiro atoms. The molecule has 0 atom stereocenters. The summed E-state index contributed by atoms with van der Waals surface area (Å²) in [5.74, 6) is 0. The average Bonchev–Trinajstić information content (AvgIpc) is 2.94. The first-order valence-electron chi connectivity index (χ1n) is 5.09. The Morgan fingerprint density at radius 1 is 1.31 bits per heavy atom. The lowest BCUT2D eigenvalue weighted by Crippen LogP contribution is -2.44. The zero-order chi connectivity index (χ0) is 11.8. The molecule has 3 N–H and O–H groups in total. The molecule has 88 valence electrons. The van der Waals surface area contributed by atoms with E-state index in [-0.39, 0.29) is 19.4 Å². The fraction of sp³-hybridized carbons (Fsp3) is 0.455. The zero-order valence-electron chi connectivity index (χ0n) is 8.64. The number of alkyl halides is 3. The summed E-state index contributed by atoms with van der Waals surface area (Å²) in [6.45, 7) is 0.199. The third kappa shape index (κ3) is 2.14. The number of anilines is 1. The van der Waals surface area contributed by atoms with Crippen LogP contribution in [-0.2, 0) is 6.54 Å². The molecule has 0 heterocycles. The van der Waals surface area contributed by atoms with Crippen molar-refractivity contribution in [1.82, 2.24) is 5.32 Å². The van der Waals surface area contributed by atoms with Crippen molar-refractivity contribution in [2.45, 2.75) is 31.1 Å². The second-order valence-corrected chi connectivity index (χ2v) is 4.18. The molecular formula is C11H13F3N2. The Bertz CT molecular complexity index is 383. The van der Waals surface area contributed by atoms with E-state index >= 15 is 0 Å². The molecule has 2 nitrogen and oxygen atoms in total. The van der Waals surface area contributed by atoms with Gasteiger partial charge in [0.25, 0.3) is 0 Å². The molecule has 1 saturated carbocycles. The van der Waals surface area contributed by atoms with Crippen LogP contribution in [0.15, 0.2) is 24.3 Å². The monoisotopic (exact) mass is 230 g/mol. The van der Waals surface area contributed by atoms with Gasteiger partial charge in [0.05, 0.1) is 0 Å². The van der Waals surface area contributed by atoms with Crippen molar-refractivity contribution >= 4 is 5.69 Å². The minimum Gasteiger partial charge on any atom is -0.399 e. The number of halogens is 3. The van der Waals surface area contributed by atoms with Crippen LogP contribution in [0.5, 0.6) is 0 Å². The Hall–Kier alpha value is -1.23. The Kier molecular flexibility index (Phi) is 2.58. The maximum absolute atomic E-state index is 12.6. The lowest BCUT2D eigenvalue weighted by atomic mass is 10.1. The van der Waals surface area contributed by atoms with E-state index in [0.29, 0.717) is 5.69 Å². The zero-order valence-corrected chi connectivity index (χ0v) is 8.64. The number of nitrogens with two attached hydrogens (primary N) is 1. The first-order valence-corrected chi connectivity index (χ1v) is 5.09. The van der Waals surface area contributed by atoms with Gasteiger partial charge in [-0.3, -0.25) is 5.32 Å². The maximum atomic E-state index is 12.6. The molecule has 1 aliphatic carbocycles. The minimum atomic E-state index is -4.16. The normalized spacial score (nSPS) is 18.4. The molecule has 1 aromatic carbocycles. The molecule has 5 heteroatoms. The highest BCUT2D eigenvalue weighted by molar-refractivity contribution is 5.40. The number of hydrogen-bond donors (Lipinski definition) is 2. The van der Waals surface area contributed by atoms with Crippen LogP contribution in [0.3, 0.4) is 0 Å². The van der Waals surface area contributed by atoms with Crippen LogP contribution in [0.2, 0.25) is 0 Å². The standard InChI is InChI=1S/C11H13F3N2/c12-11(13,14)10(4-5-10)16-7-8-2-1-3-9(15)6-8/h1-3,6,16H,4-5,7,15H2. The third-order valence-electron chi connectivity index (χ3n) is 2.87. The van der Waals surface area contributed by atoms with Crippen LogP contribution < -0.4 is 11.1 Å². The van der Waals surface area contributed by atoms with Crippen molar-refractivity contribution in [2.24, 2.45) is 0 Å². The molecule has 0 radical (unpaired) electrons. The van der Waals surface area contributed by atoms with Gasteiger partial charge in [-0.1, -0.05) is 12.1 Å². The molecule has 0 bridgehead atoms. The van der Waals surface area contributed by atoms with Crippen LogP contribution in [0.1, 0.15) is 18.4 Å². The van der Waals surface area contributed by atoms with E-state index in [1.54, 1.807) is 24.3 Å². The molecule has 16 heavy (non-hydrogen) atoms. The molecule has 0 saturated heterocycles. The lowest BCUT2D eigenvalue weighted by molar-refractivity contribution is -0.166. The van der Waals surface area contributed by atoms with Crippen molar-refractivity contribution < 1.29 is 13.2 Å². The van der Waals surface area contributed by atoms with Crippen molar-refractivity contribution in [3.05, 3.63) is 29.8 Å². The van der Waals surface area contributed by atoms with Gasteiger partial charge in [0, 0.05) is 12.2 Å². The predicted octanol–water partition coefficient (Wildman–Crippen LogP) is 2.45. The average molecular weight is 230 g/mol. The number of nitrogens with one attached hydrogen (secondary N) is 1. The summed E-state index contributed by atoms with van der Waals surface area (Å²) in [7, 11) is 0. The first kappa shape index (κ1) is 11.3. The van der Waals surface area contributed by atoms with Gasteiger partial charge in [-0.25, -0.2) is 0 Å². The summed E-state index contributed by atoms with van der Waals surface area (Å²) in [6.07, 6.45) is -3.83. The number of benzene rings is 1.